The smallest absolute Gasteiger partial charge is 0.191 e. The summed E-state index contributed by atoms with van der Waals surface area (Å²) in [7, 11) is 4.07. The van der Waals surface area contributed by atoms with Gasteiger partial charge in [-0.3, -0.25) is 4.99 Å². The van der Waals surface area contributed by atoms with Gasteiger partial charge < -0.3 is 20.4 Å². The second-order valence-electron chi connectivity index (χ2n) is 8.81. The summed E-state index contributed by atoms with van der Waals surface area (Å²) >= 11 is 0. The van der Waals surface area contributed by atoms with E-state index in [4.69, 9.17) is 0 Å². The SMILES string of the molecule is CN=C(NCC(C)CN1CCN(C)CC1)NC(C)CCC(C)(C)C.I. The Hall–Kier alpha value is -0.0800. The van der Waals surface area contributed by atoms with Crippen molar-refractivity contribution in [1.29, 1.82) is 0 Å². The van der Waals surface area contributed by atoms with Crippen molar-refractivity contribution in [2.75, 3.05) is 53.4 Å². The van der Waals surface area contributed by atoms with E-state index in [1.165, 1.54) is 39.0 Å². The fourth-order valence-corrected chi connectivity index (χ4v) is 2.96. The van der Waals surface area contributed by atoms with Crippen molar-refractivity contribution in [3.63, 3.8) is 0 Å². The average Bonchev–Trinajstić information content (AvgIpc) is 2.51. The molecule has 25 heavy (non-hydrogen) atoms. The lowest BCUT2D eigenvalue weighted by Gasteiger charge is -2.34. The summed E-state index contributed by atoms with van der Waals surface area (Å²) in [6.07, 6.45) is 2.39. The van der Waals surface area contributed by atoms with Gasteiger partial charge in [0.1, 0.15) is 0 Å². The molecule has 1 aliphatic heterocycles. The molecule has 6 heteroatoms. The predicted octanol–water partition coefficient (Wildman–Crippen LogP) is 2.87. The molecule has 0 aromatic heterocycles. The van der Waals surface area contributed by atoms with Gasteiger partial charge >= 0.3 is 0 Å². The number of guanidine groups is 1. The Balaban J connectivity index is 0.00000576. The topological polar surface area (TPSA) is 42.9 Å². The molecular weight excluding hydrogens is 425 g/mol. The highest BCUT2D eigenvalue weighted by Gasteiger charge is 2.17. The molecule has 0 saturated carbocycles. The van der Waals surface area contributed by atoms with Crippen LogP contribution in [0.2, 0.25) is 0 Å². The molecule has 0 radical (unpaired) electrons. The lowest BCUT2D eigenvalue weighted by molar-refractivity contribution is 0.139. The molecule has 0 aromatic carbocycles. The quantitative estimate of drug-likeness (QED) is 0.343. The second-order valence-corrected chi connectivity index (χ2v) is 8.81. The van der Waals surface area contributed by atoms with Crippen LogP contribution < -0.4 is 10.6 Å². The summed E-state index contributed by atoms with van der Waals surface area (Å²) in [5.41, 5.74) is 0.393. The van der Waals surface area contributed by atoms with Crippen LogP contribution in [-0.4, -0.2) is 75.2 Å². The van der Waals surface area contributed by atoms with Gasteiger partial charge in [0.25, 0.3) is 0 Å². The molecule has 1 fully saturated rings. The van der Waals surface area contributed by atoms with E-state index in [1.54, 1.807) is 0 Å². The number of rotatable bonds is 7. The van der Waals surface area contributed by atoms with Crippen LogP contribution in [0.25, 0.3) is 0 Å². The lowest BCUT2D eigenvalue weighted by atomic mass is 9.89. The third-order valence-corrected chi connectivity index (χ3v) is 4.72. The van der Waals surface area contributed by atoms with Crippen molar-refractivity contribution in [1.82, 2.24) is 20.4 Å². The molecule has 0 spiro atoms. The summed E-state index contributed by atoms with van der Waals surface area (Å²) in [6, 6.07) is 0.448. The Bertz CT molecular complexity index is 373. The lowest BCUT2D eigenvalue weighted by Crippen LogP contribution is -2.48. The third-order valence-electron chi connectivity index (χ3n) is 4.72. The van der Waals surface area contributed by atoms with E-state index in [-0.39, 0.29) is 24.0 Å². The normalized spacial score (nSPS) is 19.9. The molecule has 1 heterocycles. The average molecular weight is 467 g/mol. The summed E-state index contributed by atoms with van der Waals surface area (Å²) in [4.78, 5) is 9.36. The molecule has 0 amide bonds. The highest BCUT2D eigenvalue weighted by atomic mass is 127. The Morgan fingerprint density at radius 1 is 1.12 bits per heavy atom. The van der Waals surface area contributed by atoms with Crippen molar-refractivity contribution in [3.8, 4) is 0 Å². The van der Waals surface area contributed by atoms with Gasteiger partial charge in [-0.15, -0.1) is 24.0 Å². The van der Waals surface area contributed by atoms with Crippen LogP contribution in [0, 0.1) is 11.3 Å². The van der Waals surface area contributed by atoms with Crippen LogP contribution in [0.4, 0.5) is 0 Å². The van der Waals surface area contributed by atoms with E-state index < -0.39 is 0 Å². The van der Waals surface area contributed by atoms with Gasteiger partial charge in [0.05, 0.1) is 0 Å². The molecule has 5 nitrogen and oxygen atoms in total. The van der Waals surface area contributed by atoms with Crippen LogP contribution in [0.1, 0.15) is 47.5 Å². The van der Waals surface area contributed by atoms with Crippen molar-refractivity contribution >= 4 is 29.9 Å². The van der Waals surface area contributed by atoms with E-state index >= 15 is 0 Å². The minimum Gasteiger partial charge on any atom is -0.356 e. The Morgan fingerprint density at radius 3 is 2.24 bits per heavy atom. The van der Waals surface area contributed by atoms with Gasteiger partial charge in [-0.1, -0.05) is 27.7 Å². The fraction of sp³-hybridized carbons (Fsp3) is 0.947. The molecule has 1 saturated heterocycles. The van der Waals surface area contributed by atoms with E-state index in [0.717, 1.165) is 19.0 Å². The molecular formula is C19H42IN5. The number of likely N-dealkylation sites (N-methyl/N-ethyl adjacent to an activating group) is 1. The Kier molecular flexibility index (Phi) is 12.3. The summed E-state index contributed by atoms with van der Waals surface area (Å²) in [5, 5.41) is 7.02. The first-order chi connectivity index (χ1) is 11.2. The van der Waals surface area contributed by atoms with Crippen molar-refractivity contribution in [2.24, 2.45) is 16.3 Å². The number of halogens is 1. The summed E-state index contributed by atoms with van der Waals surface area (Å²) < 4.78 is 0. The minimum absolute atomic E-state index is 0. The van der Waals surface area contributed by atoms with Gasteiger partial charge in [-0.2, -0.15) is 0 Å². The first kappa shape index (κ1) is 24.9. The molecule has 150 valence electrons. The highest BCUT2D eigenvalue weighted by molar-refractivity contribution is 14.0. The molecule has 0 bridgehead atoms. The summed E-state index contributed by atoms with van der Waals surface area (Å²) in [6.45, 7) is 18.4. The Labute approximate surface area is 173 Å². The number of hydrogen-bond donors (Lipinski definition) is 2. The largest absolute Gasteiger partial charge is 0.356 e. The number of piperazine rings is 1. The van der Waals surface area contributed by atoms with Crippen LogP contribution >= 0.6 is 24.0 Å². The van der Waals surface area contributed by atoms with Crippen LogP contribution in [0.15, 0.2) is 4.99 Å². The third kappa shape index (κ3) is 12.0. The highest BCUT2D eigenvalue weighted by Crippen LogP contribution is 2.21. The molecule has 2 atom stereocenters. The zero-order valence-corrected chi connectivity index (χ0v) is 19.9. The van der Waals surface area contributed by atoms with Crippen molar-refractivity contribution in [3.05, 3.63) is 0 Å². The number of aliphatic imine (C=N–C) groups is 1. The second kappa shape index (κ2) is 12.3. The first-order valence-corrected chi connectivity index (χ1v) is 9.57. The van der Waals surface area contributed by atoms with E-state index in [2.05, 4.69) is 67.1 Å². The monoisotopic (exact) mass is 467 g/mol. The van der Waals surface area contributed by atoms with Gasteiger partial charge in [0.2, 0.25) is 0 Å². The molecule has 2 unspecified atom stereocenters. The van der Waals surface area contributed by atoms with Crippen molar-refractivity contribution in [2.45, 2.75) is 53.5 Å². The first-order valence-electron chi connectivity index (χ1n) is 9.57. The standard InChI is InChI=1S/C19H41N5.HI/c1-16(15-24-12-10-23(7)11-13-24)14-21-18(20-6)22-17(2)8-9-19(3,4)5;/h16-17H,8-15H2,1-7H3,(H2,20,21,22);1H. The number of hydrogen-bond acceptors (Lipinski definition) is 3. The summed E-state index contributed by atoms with van der Waals surface area (Å²) in [5.74, 6) is 1.55. The maximum atomic E-state index is 4.38. The number of nitrogens with one attached hydrogen (secondary N) is 2. The van der Waals surface area contributed by atoms with Crippen LogP contribution in [0.3, 0.4) is 0 Å². The maximum Gasteiger partial charge on any atom is 0.191 e. The van der Waals surface area contributed by atoms with E-state index in [9.17, 15) is 0 Å². The molecule has 1 rings (SSSR count). The van der Waals surface area contributed by atoms with Gasteiger partial charge in [-0.25, -0.2) is 0 Å². The Morgan fingerprint density at radius 2 is 1.72 bits per heavy atom. The predicted molar refractivity (Wildman–Crippen MR) is 121 cm³/mol. The molecule has 2 N–H and O–H groups in total. The van der Waals surface area contributed by atoms with Gasteiger partial charge in [-0.05, 0) is 38.1 Å². The van der Waals surface area contributed by atoms with Gasteiger partial charge in [0, 0.05) is 52.4 Å². The van der Waals surface area contributed by atoms with E-state index in [0.29, 0.717) is 17.4 Å². The van der Waals surface area contributed by atoms with E-state index in [1.807, 2.05) is 7.05 Å². The molecule has 0 aliphatic carbocycles. The maximum absolute atomic E-state index is 4.38. The minimum atomic E-state index is 0. The zero-order valence-electron chi connectivity index (χ0n) is 17.6. The molecule has 1 aliphatic rings. The van der Waals surface area contributed by atoms with Crippen molar-refractivity contribution < 1.29 is 0 Å². The fourth-order valence-electron chi connectivity index (χ4n) is 2.96. The van der Waals surface area contributed by atoms with Gasteiger partial charge in [0.15, 0.2) is 5.96 Å². The van der Waals surface area contributed by atoms with Crippen LogP contribution in [0.5, 0.6) is 0 Å². The number of nitrogens with zero attached hydrogens (tertiary/aromatic N) is 3. The zero-order chi connectivity index (χ0) is 18.2. The van der Waals surface area contributed by atoms with Crippen LogP contribution in [-0.2, 0) is 0 Å². The molecule has 0 aromatic rings.